The van der Waals surface area contributed by atoms with Crippen molar-refractivity contribution in [1.82, 2.24) is 19.5 Å². The number of aliphatic hydroxyl groups excluding tert-OH is 3. The van der Waals surface area contributed by atoms with Crippen molar-refractivity contribution in [1.29, 1.82) is 0 Å². The number of anilines is 3. The van der Waals surface area contributed by atoms with Crippen LogP contribution in [-0.4, -0.2) is 109 Å². The van der Waals surface area contributed by atoms with Gasteiger partial charge in [-0.3, -0.25) is 4.57 Å². The van der Waals surface area contributed by atoms with Gasteiger partial charge in [-0.05, 0) is 41.8 Å². The monoisotopic (exact) mass is 751 g/mol. The van der Waals surface area contributed by atoms with Crippen LogP contribution in [0.1, 0.15) is 29.7 Å². The molecule has 5 N–H and O–H groups in total. The maximum Gasteiger partial charge on any atom is 0.490 e. The third-order valence-corrected chi connectivity index (χ3v) is 9.98. The van der Waals surface area contributed by atoms with Gasteiger partial charge >= 0.3 is 12.1 Å². The number of nitrogens with one attached hydrogen (secondary N) is 1. The van der Waals surface area contributed by atoms with E-state index in [9.17, 15) is 32.9 Å². The van der Waals surface area contributed by atoms with E-state index >= 15 is 0 Å². The molecule has 2 bridgehead atoms. The van der Waals surface area contributed by atoms with E-state index in [0.29, 0.717) is 36.0 Å². The Morgan fingerprint density at radius 2 is 1.48 bits per heavy atom. The number of carboxylic acid groups (broad SMARTS) is 1. The standard InChI is InChI=1S/C35H36FN7O4.C2HF3O2/c36-23-11-13-24(14-12-23)41-17-26-15-25(41)18-42(26)35-39-32(37-16-27(21-7-3-1-4-8-21)22-9-5-2-6-10-22)29-33(40-35)43(20-38-29)34-31(46)30(45)28(19-44)47-34;3-2(4,5)1(6)7/h1-14,20,25-28,30-31,34,44-46H,15-19H2,(H,37,39,40);(H,6,7)/t25-,26+,28+,30+,31+,34+;/m0./s1. The van der Waals surface area contributed by atoms with E-state index < -0.39 is 43.3 Å². The fourth-order valence-corrected chi connectivity index (χ4v) is 7.31. The Hall–Kier alpha value is -5.36. The van der Waals surface area contributed by atoms with Gasteiger partial charge in [0, 0.05) is 37.3 Å². The van der Waals surface area contributed by atoms with Crippen LogP contribution >= 0.6 is 0 Å². The van der Waals surface area contributed by atoms with Gasteiger partial charge in [0.1, 0.15) is 24.1 Å². The number of carboxylic acids is 1. The van der Waals surface area contributed by atoms with E-state index in [1.807, 2.05) is 48.5 Å². The number of fused-ring (bicyclic) bond motifs is 3. The van der Waals surface area contributed by atoms with Crippen LogP contribution in [0.15, 0.2) is 91.3 Å². The summed E-state index contributed by atoms with van der Waals surface area (Å²) in [7, 11) is 0. The zero-order valence-electron chi connectivity index (χ0n) is 28.5. The Morgan fingerprint density at radius 1 is 0.889 bits per heavy atom. The zero-order valence-corrected chi connectivity index (χ0v) is 28.5. The lowest BCUT2D eigenvalue weighted by atomic mass is 9.91. The molecule has 0 aliphatic carbocycles. The van der Waals surface area contributed by atoms with E-state index in [0.717, 1.165) is 29.8 Å². The molecule has 13 nitrogen and oxygen atoms in total. The molecule has 3 aliphatic heterocycles. The maximum atomic E-state index is 13.6. The fourth-order valence-electron chi connectivity index (χ4n) is 7.31. The first kappa shape index (κ1) is 37.0. The quantitative estimate of drug-likeness (QED) is 0.138. The summed E-state index contributed by atoms with van der Waals surface area (Å²) in [5.41, 5.74) is 4.26. The van der Waals surface area contributed by atoms with Gasteiger partial charge < -0.3 is 40.3 Å². The molecule has 2 aromatic heterocycles. The molecular formula is C37H37F4N7O6. The molecule has 284 valence electrons. The van der Waals surface area contributed by atoms with Gasteiger partial charge in [-0.2, -0.15) is 23.1 Å². The Morgan fingerprint density at radius 3 is 2.02 bits per heavy atom. The van der Waals surface area contributed by atoms with Crippen molar-refractivity contribution in [3.63, 3.8) is 0 Å². The minimum absolute atomic E-state index is 0.0282. The molecule has 17 heteroatoms. The van der Waals surface area contributed by atoms with E-state index in [4.69, 9.17) is 24.6 Å². The molecule has 3 fully saturated rings. The molecule has 5 heterocycles. The van der Waals surface area contributed by atoms with E-state index in [2.05, 4.69) is 44.4 Å². The van der Waals surface area contributed by atoms with Crippen molar-refractivity contribution in [2.45, 2.75) is 55.1 Å². The second kappa shape index (κ2) is 15.2. The molecule has 0 amide bonds. The smallest absolute Gasteiger partial charge is 0.475 e. The van der Waals surface area contributed by atoms with Gasteiger partial charge in [-0.15, -0.1) is 0 Å². The highest BCUT2D eigenvalue weighted by molar-refractivity contribution is 5.84. The van der Waals surface area contributed by atoms with Gasteiger partial charge in [-0.1, -0.05) is 60.7 Å². The number of aliphatic carboxylic acids is 1. The van der Waals surface area contributed by atoms with Crippen LogP contribution in [0, 0.1) is 5.82 Å². The number of alkyl halides is 3. The predicted molar refractivity (Wildman–Crippen MR) is 189 cm³/mol. The molecule has 0 radical (unpaired) electrons. The number of hydrogen-bond acceptors (Lipinski definition) is 11. The normalized spacial score (nSPS) is 23.6. The maximum absolute atomic E-state index is 13.6. The molecule has 5 aromatic rings. The van der Waals surface area contributed by atoms with Crippen molar-refractivity contribution < 1.29 is 47.5 Å². The summed E-state index contributed by atoms with van der Waals surface area (Å²) in [6, 6.07) is 27.6. The molecular weight excluding hydrogens is 714 g/mol. The van der Waals surface area contributed by atoms with Gasteiger partial charge in [0.15, 0.2) is 23.2 Å². The highest BCUT2D eigenvalue weighted by Crippen LogP contribution is 2.39. The summed E-state index contributed by atoms with van der Waals surface area (Å²) in [4.78, 5) is 28.1. The Kier molecular flexibility index (Phi) is 10.4. The number of nitrogens with zero attached hydrogens (tertiary/aromatic N) is 6. The molecule has 3 aliphatic rings. The molecule has 6 atom stereocenters. The van der Waals surface area contributed by atoms with Crippen LogP contribution in [0.5, 0.6) is 0 Å². The lowest BCUT2D eigenvalue weighted by Crippen LogP contribution is -2.47. The number of benzene rings is 3. The predicted octanol–water partition coefficient (Wildman–Crippen LogP) is 3.92. The van der Waals surface area contributed by atoms with Gasteiger partial charge in [0.2, 0.25) is 5.95 Å². The van der Waals surface area contributed by atoms with Crippen molar-refractivity contribution in [3.05, 3.63) is 108 Å². The number of rotatable bonds is 9. The van der Waals surface area contributed by atoms with Crippen LogP contribution < -0.4 is 15.1 Å². The highest BCUT2D eigenvalue weighted by atomic mass is 19.4. The van der Waals surface area contributed by atoms with E-state index in [-0.39, 0.29) is 23.8 Å². The minimum Gasteiger partial charge on any atom is -0.475 e. The van der Waals surface area contributed by atoms with Crippen LogP contribution in [0.2, 0.25) is 0 Å². The van der Waals surface area contributed by atoms with Crippen molar-refractivity contribution >= 4 is 34.6 Å². The number of piperazine rings is 1. The third-order valence-electron chi connectivity index (χ3n) is 9.98. The highest BCUT2D eigenvalue weighted by Gasteiger charge is 2.46. The molecule has 8 rings (SSSR count). The number of carbonyl (C=O) groups is 1. The summed E-state index contributed by atoms with van der Waals surface area (Å²) in [5, 5.41) is 41.8. The second-order valence-corrected chi connectivity index (χ2v) is 13.3. The summed E-state index contributed by atoms with van der Waals surface area (Å²) in [6.45, 7) is 1.53. The van der Waals surface area contributed by atoms with Crippen molar-refractivity contribution in [3.8, 4) is 0 Å². The average molecular weight is 752 g/mol. The third kappa shape index (κ3) is 7.39. The second-order valence-electron chi connectivity index (χ2n) is 13.3. The molecule has 0 unspecified atom stereocenters. The summed E-state index contributed by atoms with van der Waals surface area (Å²) >= 11 is 0. The summed E-state index contributed by atoms with van der Waals surface area (Å²) < 4.78 is 52.8. The van der Waals surface area contributed by atoms with Crippen molar-refractivity contribution in [2.24, 2.45) is 0 Å². The SMILES string of the molecule is O=C(O)C(F)(F)F.OC[C@H]1O[C@@H](n2cnc3c(NCC(c4ccccc4)c4ccccc4)nc(N4C[C@@H]5C[C@@H]4CN5c4ccc(F)cc4)nc32)[C@H](O)[C@@H]1O. The number of imidazole rings is 1. The first-order valence-corrected chi connectivity index (χ1v) is 17.2. The number of aromatic nitrogens is 4. The largest absolute Gasteiger partial charge is 0.490 e. The minimum atomic E-state index is -5.08. The van der Waals surface area contributed by atoms with Gasteiger partial charge in [-0.25, -0.2) is 14.2 Å². The lowest BCUT2D eigenvalue weighted by molar-refractivity contribution is -0.192. The number of halogens is 4. The first-order chi connectivity index (χ1) is 25.9. The molecule has 3 aromatic carbocycles. The topological polar surface area (TPSA) is 169 Å². The van der Waals surface area contributed by atoms with Crippen LogP contribution in [-0.2, 0) is 9.53 Å². The Balaban J connectivity index is 0.000000588. The number of aliphatic hydroxyl groups is 3. The molecule has 3 saturated heterocycles. The Labute approximate surface area is 306 Å². The van der Waals surface area contributed by atoms with Crippen LogP contribution in [0.3, 0.4) is 0 Å². The Bertz CT molecular complexity index is 2020. The molecule has 0 spiro atoms. The summed E-state index contributed by atoms with van der Waals surface area (Å²) in [5.74, 6) is -1.91. The molecule has 0 saturated carbocycles. The van der Waals surface area contributed by atoms with Crippen LogP contribution in [0.25, 0.3) is 11.2 Å². The van der Waals surface area contributed by atoms with Gasteiger partial charge in [0.25, 0.3) is 0 Å². The summed E-state index contributed by atoms with van der Waals surface area (Å²) in [6.07, 6.45) is -7.10. The van der Waals surface area contributed by atoms with Crippen molar-refractivity contribution in [2.75, 3.05) is 41.4 Å². The number of ether oxygens (including phenoxy) is 1. The fraction of sp³-hybridized carbons (Fsp3) is 0.351. The average Bonchev–Trinajstić information content (AvgIpc) is 3.96. The van der Waals surface area contributed by atoms with E-state index in [1.54, 1.807) is 4.57 Å². The zero-order chi connectivity index (χ0) is 38.1. The first-order valence-electron chi connectivity index (χ1n) is 17.2. The van der Waals surface area contributed by atoms with Gasteiger partial charge in [0.05, 0.1) is 19.0 Å². The van der Waals surface area contributed by atoms with E-state index in [1.165, 1.54) is 18.5 Å². The van der Waals surface area contributed by atoms with Crippen LogP contribution in [0.4, 0.5) is 35.0 Å². The number of hydrogen-bond donors (Lipinski definition) is 5. The molecule has 54 heavy (non-hydrogen) atoms. The lowest BCUT2D eigenvalue weighted by Gasteiger charge is -2.35.